The van der Waals surface area contributed by atoms with Crippen molar-refractivity contribution in [2.45, 2.75) is 25.4 Å². The second kappa shape index (κ2) is 3.81. The van der Waals surface area contributed by atoms with Crippen molar-refractivity contribution in [2.24, 2.45) is 5.73 Å². The maximum absolute atomic E-state index is 11.2. The van der Waals surface area contributed by atoms with Crippen molar-refractivity contribution in [1.82, 2.24) is 4.90 Å². The van der Waals surface area contributed by atoms with Gasteiger partial charge in [-0.3, -0.25) is 0 Å². The zero-order valence-corrected chi connectivity index (χ0v) is 8.52. The molecule has 1 aliphatic carbocycles. The smallest absolute Gasteiger partial charge is 0.315 e. The monoisotopic (exact) mass is 205 g/mol. The van der Waals surface area contributed by atoms with E-state index in [1.54, 1.807) is 4.90 Å². The molecule has 1 aliphatic rings. The summed E-state index contributed by atoms with van der Waals surface area (Å²) in [6.45, 7) is 0.561. The fourth-order valence-electron chi connectivity index (χ4n) is 1.66. The lowest BCUT2D eigenvalue weighted by Crippen LogP contribution is -2.36. The highest BCUT2D eigenvalue weighted by atomic mass is 16.2. The van der Waals surface area contributed by atoms with Crippen LogP contribution in [0.2, 0.25) is 0 Å². The molecule has 1 fully saturated rings. The van der Waals surface area contributed by atoms with E-state index in [0.717, 1.165) is 18.4 Å². The van der Waals surface area contributed by atoms with Crippen LogP contribution in [-0.4, -0.2) is 17.0 Å². The molecule has 2 rings (SSSR count). The third-order valence-corrected chi connectivity index (χ3v) is 2.57. The Kier molecular flexibility index (Phi) is 2.49. The van der Waals surface area contributed by atoms with Gasteiger partial charge in [-0.2, -0.15) is 0 Å². The maximum atomic E-state index is 11.2. The Morgan fingerprint density at radius 2 is 2.20 bits per heavy atom. The molecule has 0 spiro atoms. The Morgan fingerprint density at radius 1 is 1.47 bits per heavy atom. The van der Waals surface area contributed by atoms with E-state index in [4.69, 9.17) is 11.5 Å². The van der Waals surface area contributed by atoms with Crippen LogP contribution in [0.5, 0.6) is 0 Å². The lowest BCUT2D eigenvalue weighted by atomic mass is 10.2. The predicted molar refractivity (Wildman–Crippen MR) is 59.0 cm³/mol. The van der Waals surface area contributed by atoms with E-state index < -0.39 is 0 Å². The minimum atomic E-state index is -0.347. The molecule has 1 aromatic carbocycles. The van der Waals surface area contributed by atoms with E-state index in [0.29, 0.717) is 18.3 Å². The molecule has 0 bridgehead atoms. The van der Waals surface area contributed by atoms with Crippen LogP contribution in [0.1, 0.15) is 18.4 Å². The lowest BCUT2D eigenvalue weighted by Gasteiger charge is -2.19. The van der Waals surface area contributed by atoms with Gasteiger partial charge in [-0.1, -0.05) is 12.1 Å². The van der Waals surface area contributed by atoms with Gasteiger partial charge in [-0.05, 0) is 30.5 Å². The summed E-state index contributed by atoms with van der Waals surface area (Å²) in [4.78, 5) is 12.9. The summed E-state index contributed by atoms with van der Waals surface area (Å²) in [5.41, 5.74) is 12.7. The molecule has 0 aliphatic heterocycles. The van der Waals surface area contributed by atoms with Gasteiger partial charge in [0, 0.05) is 18.3 Å². The molecular weight excluding hydrogens is 190 g/mol. The number of hydrogen-bond donors (Lipinski definition) is 2. The summed E-state index contributed by atoms with van der Waals surface area (Å²) in [5, 5.41) is 0. The highest BCUT2D eigenvalue weighted by Gasteiger charge is 2.31. The Bertz CT molecular complexity index is 374. The van der Waals surface area contributed by atoms with Crippen LogP contribution < -0.4 is 11.5 Å². The maximum Gasteiger partial charge on any atom is 0.315 e. The molecule has 0 aromatic heterocycles. The SMILES string of the molecule is NC(=O)N(Cc1cccc(N)c1)C1CC1. The molecule has 1 aromatic rings. The zero-order chi connectivity index (χ0) is 10.8. The summed E-state index contributed by atoms with van der Waals surface area (Å²) in [7, 11) is 0. The highest BCUT2D eigenvalue weighted by Crippen LogP contribution is 2.28. The largest absolute Gasteiger partial charge is 0.399 e. The minimum absolute atomic E-state index is 0.337. The van der Waals surface area contributed by atoms with Gasteiger partial charge in [0.05, 0.1) is 0 Å². The number of primary amides is 1. The fraction of sp³-hybridized carbons (Fsp3) is 0.364. The van der Waals surface area contributed by atoms with Crippen LogP contribution in [0.4, 0.5) is 10.5 Å². The number of benzene rings is 1. The second-order valence-electron chi connectivity index (χ2n) is 3.94. The summed E-state index contributed by atoms with van der Waals surface area (Å²) >= 11 is 0. The van der Waals surface area contributed by atoms with E-state index in [1.165, 1.54) is 0 Å². The summed E-state index contributed by atoms with van der Waals surface area (Å²) in [6.07, 6.45) is 2.12. The van der Waals surface area contributed by atoms with Gasteiger partial charge in [-0.15, -0.1) is 0 Å². The summed E-state index contributed by atoms with van der Waals surface area (Å²) < 4.78 is 0. The van der Waals surface area contributed by atoms with Crippen molar-refractivity contribution < 1.29 is 4.79 Å². The molecule has 4 N–H and O–H groups in total. The normalized spacial score (nSPS) is 14.9. The van der Waals surface area contributed by atoms with Gasteiger partial charge in [0.1, 0.15) is 0 Å². The molecule has 1 saturated carbocycles. The van der Waals surface area contributed by atoms with Crippen LogP contribution in [0.25, 0.3) is 0 Å². The first kappa shape index (κ1) is 9.83. The summed E-state index contributed by atoms with van der Waals surface area (Å²) in [5.74, 6) is 0. The number of nitrogens with two attached hydrogens (primary N) is 2. The van der Waals surface area contributed by atoms with Crippen LogP contribution in [-0.2, 0) is 6.54 Å². The molecule has 4 heteroatoms. The summed E-state index contributed by atoms with van der Waals surface area (Å²) in [6, 6.07) is 7.53. The number of anilines is 1. The van der Waals surface area contributed by atoms with Gasteiger partial charge in [-0.25, -0.2) is 4.79 Å². The quantitative estimate of drug-likeness (QED) is 0.730. The fourth-order valence-corrected chi connectivity index (χ4v) is 1.66. The van der Waals surface area contributed by atoms with Crippen molar-refractivity contribution in [3.05, 3.63) is 29.8 Å². The molecule has 4 nitrogen and oxygen atoms in total. The molecule has 0 atom stereocenters. The third kappa shape index (κ3) is 2.40. The molecular formula is C11H15N3O. The number of amides is 2. The van der Waals surface area contributed by atoms with E-state index in [9.17, 15) is 4.79 Å². The average Bonchev–Trinajstić information content (AvgIpc) is 2.97. The number of hydrogen-bond acceptors (Lipinski definition) is 2. The van der Waals surface area contributed by atoms with E-state index >= 15 is 0 Å². The average molecular weight is 205 g/mol. The van der Waals surface area contributed by atoms with Crippen molar-refractivity contribution in [3.63, 3.8) is 0 Å². The molecule has 0 unspecified atom stereocenters. The topological polar surface area (TPSA) is 72.4 Å². The first-order chi connectivity index (χ1) is 7.16. The van der Waals surface area contributed by atoms with Gasteiger partial charge >= 0.3 is 6.03 Å². The van der Waals surface area contributed by atoms with E-state index in [1.807, 2.05) is 24.3 Å². The number of nitrogen functional groups attached to an aromatic ring is 1. The predicted octanol–water partition coefficient (Wildman–Crippen LogP) is 1.31. The van der Waals surface area contributed by atoms with Crippen molar-refractivity contribution in [1.29, 1.82) is 0 Å². The zero-order valence-electron chi connectivity index (χ0n) is 8.52. The number of carbonyl (C=O) groups excluding carboxylic acids is 1. The molecule has 15 heavy (non-hydrogen) atoms. The van der Waals surface area contributed by atoms with Gasteiger partial charge in [0.2, 0.25) is 0 Å². The van der Waals surface area contributed by atoms with Crippen molar-refractivity contribution in [2.75, 3.05) is 5.73 Å². The minimum Gasteiger partial charge on any atom is -0.399 e. The van der Waals surface area contributed by atoms with E-state index in [-0.39, 0.29) is 6.03 Å². The third-order valence-electron chi connectivity index (χ3n) is 2.57. The molecule has 2 amide bonds. The second-order valence-corrected chi connectivity index (χ2v) is 3.94. The van der Waals surface area contributed by atoms with E-state index in [2.05, 4.69) is 0 Å². The molecule has 80 valence electrons. The van der Waals surface area contributed by atoms with Gasteiger partial charge < -0.3 is 16.4 Å². The molecule has 0 radical (unpaired) electrons. The Hall–Kier alpha value is -1.71. The standard InChI is InChI=1S/C11H15N3O/c12-9-3-1-2-8(6-9)7-14(11(13)15)10-4-5-10/h1-3,6,10H,4-5,7,12H2,(H2,13,15). The highest BCUT2D eigenvalue weighted by molar-refractivity contribution is 5.72. The Balaban J connectivity index is 2.08. The first-order valence-corrected chi connectivity index (χ1v) is 5.07. The number of carbonyl (C=O) groups is 1. The van der Waals surface area contributed by atoms with Gasteiger partial charge in [0.15, 0.2) is 0 Å². The van der Waals surface area contributed by atoms with Crippen molar-refractivity contribution >= 4 is 11.7 Å². The van der Waals surface area contributed by atoms with Crippen LogP contribution in [0.15, 0.2) is 24.3 Å². The van der Waals surface area contributed by atoms with Crippen molar-refractivity contribution in [3.8, 4) is 0 Å². The van der Waals surface area contributed by atoms with Crippen LogP contribution in [0.3, 0.4) is 0 Å². The Labute approximate surface area is 88.9 Å². The Morgan fingerprint density at radius 3 is 2.73 bits per heavy atom. The molecule has 0 saturated heterocycles. The van der Waals surface area contributed by atoms with Crippen LogP contribution in [0, 0.1) is 0 Å². The van der Waals surface area contributed by atoms with Gasteiger partial charge in [0.25, 0.3) is 0 Å². The lowest BCUT2D eigenvalue weighted by molar-refractivity contribution is 0.202. The first-order valence-electron chi connectivity index (χ1n) is 5.07. The number of urea groups is 1. The number of nitrogens with zero attached hydrogens (tertiary/aromatic N) is 1. The molecule has 0 heterocycles. The number of rotatable bonds is 3. The van der Waals surface area contributed by atoms with Crippen LogP contribution >= 0.6 is 0 Å².